The molecule has 1 amide bonds. The van der Waals surface area contributed by atoms with E-state index < -0.39 is 0 Å². The molecule has 1 aliphatic rings. The molecular weight excluding hydrogens is 312 g/mol. The monoisotopic (exact) mass is 338 g/mol. The fraction of sp³-hybridized carbons (Fsp3) is 0.450. The quantitative estimate of drug-likeness (QED) is 0.902. The van der Waals surface area contributed by atoms with Crippen LogP contribution < -0.4 is 10.2 Å². The predicted molar refractivity (Wildman–Crippen MR) is 99.6 cm³/mol. The van der Waals surface area contributed by atoms with Gasteiger partial charge >= 0.3 is 0 Å². The molecule has 0 spiro atoms. The topological polar surface area (TPSA) is 58.1 Å². The number of piperidine rings is 1. The van der Waals surface area contributed by atoms with Crippen molar-refractivity contribution in [2.75, 3.05) is 11.4 Å². The Balaban J connectivity index is 1.66. The van der Waals surface area contributed by atoms with E-state index in [1.54, 1.807) is 12.4 Å². The second kappa shape index (κ2) is 8.10. The van der Waals surface area contributed by atoms with Crippen LogP contribution in [0.3, 0.4) is 0 Å². The zero-order valence-electron chi connectivity index (χ0n) is 15.0. The van der Waals surface area contributed by atoms with Crippen LogP contribution >= 0.6 is 0 Å². The van der Waals surface area contributed by atoms with Crippen LogP contribution in [0.25, 0.3) is 0 Å². The Kier molecular flexibility index (Phi) is 5.64. The van der Waals surface area contributed by atoms with Crippen molar-refractivity contribution in [1.82, 2.24) is 15.3 Å². The van der Waals surface area contributed by atoms with Gasteiger partial charge in [0.05, 0.1) is 18.4 Å². The first-order valence-corrected chi connectivity index (χ1v) is 9.13. The van der Waals surface area contributed by atoms with E-state index in [4.69, 9.17) is 0 Å². The number of hydrogen-bond donors (Lipinski definition) is 1. The normalized spacial score (nSPS) is 18.6. The van der Waals surface area contributed by atoms with Crippen LogP contribution in [0.5, 0.6) is 0 Å². The molecule has 25 heavy (non-hydrogen) atoms. The molecule has 132 valence electrons. The van der Waals surface area contributed by atoms with Gasteiger partial charge in [-0.25, -0.2) is 9.97 Å². The van der Waals surface area contributed by atoms with Gasteiger partial charge in [-0.05, 0) is 38.2 Å². The van der Waals surface area contributed by atoms with Crippen molar-refractivity contribution in [2.45, 2.75) is 51.6 Å². The Hall–Kier alpha value is -2.43. The minimum absolute atomic E-state index is 0.0678. The Morgan fingerprint density at radius 3 is 2.72 bits per heavy atom. The van der Waals surface area contributed by atoms with Crippen LogP contribution in [0.15, 0.2) is 42.7 Å². The van der Waals surface area contributed by atoms with Gasteiger partial charge < -0.3 is 10.2 Å². The lowest BCUT2D eigenvalue weighted by Gasteiger charge is -2.35. The van der Waals surface area contributed by atoms with Crippen LogP contribution in [0.2, 0.25) is 0 Å². The van der Waals surface area contributed by atoms with Gasteiger partial charge in [-0.1, -0.05) is 37.3 Å². The molecule has 2 heterocycles. The molecule has 1 saturated heterocycles. The van der Waals surface area contributed by atoms with E-state index in [9.17, 15) is 4.79 Å². The molecule has 2 aromatic rings. The number of aromatic nitrogens is 2. The maximum absolute atomic E-state index is 12.4. The van der Waals surface area contributed by atoms with Gasteiger partial charge in [-0.2, -0.15) is 0 Å². The molecule has 0 bridgehead atoms. The highest BCUT2D eigenvalue weighted by molar-refractivity contribution is 5.92. The Morgan fingerprint density at radius 2 is 2.04 bits per heavy atom. The fourth-order valence-electron chi connectivity index (χ4n) is 3.41. The summed E-state index contributed by atoms with van der Waals surface area (Å²) in [6.07, 6.45) is 8.10. The van der Waals surface area contributed by atoms with Gasteiger partial charge in [0, 0.05) is 12.6 Å². The van der Waals surface area contributed by atoms with Crippen LogP contribution in [0.4, 0.5) is 5.82 Å². The minimum Gasteiger partial charge on any atom is -0.352 e. The van der Waals surface area contributed by atoms with Crippen molar-refractivity contribution in [3.63, 3.8) is 0 Å². The molecule has 1 aromatic heterocycles. The second-order valence-electron chi connectivity index (χ2n) is 6.62. The third kappa shape index (κ3) is 4.16. The molecule has 0 radical (unpaired) electrons. The van der Waals surface area contributed by atoms with Crippen LogP contribution in [0, 0.1) is 0 Å². The van der Waals surface area contributed by atoms with Gasteiger partial charge in [-0.15, -0.1) is 0 Å². The number of hydrogen-bond acceptors (Lipinski definition) is 4. The highest BCUT2D eigenvalue weighted by Gasteiger charge is 2.22. The third-order valence-corrected chi connectivity index (χ3v) is 4.91. The maximum atomic E-state index is 12.4. The molecule has 1 aromatic carbocycles. The van der Waals surface area contributed by atoms with E-state index in [0.29, 0.717) is 11.7 Å². The van der Waals surface area contributed by atoms with Crippen LogP contribution in [0.1, 0.15) is 61.6 Å². The Bertz CT molecular complexity index is 687. The van der Waals surface area contributed by atoms with E-state index in [1.165, 1.54) is 19.3 Å². The lowest BCUT2D eigenvalue weighted by Crippen LogP contribution is -2.39. The van der Waals surface area contributed by atoms with Crippen LogP contribution in [-0.2, 0) is 0 Å². The van der Waals surface area contributed by atoms with Gasteiger partial charge in [-0.3, -0.25) is 4.79 Å². The summed E-state index contributed by atoms with van der Waals surface area (Å²) in [5.41, 5.74) is 1.43. The van der Waals surface area contributed by atoms with E-state index in [0.717, 1.165) is 24.3 Å². The average molecular weight is 338 g/mol. The first-order chi connectivity index (χ1) is 12.2. The summed E-state index contributed by atoms with van der Waals surface area (Å²) >= 11 is 0. The molecular formula is C20H26N4O. The molecule has 0 saturated carbocycles. The number of rotatable bonds is 5. The molecule has 5 heteroatoms. The smallest absolute Gasteiger partial charge is 0.271 e. The SMILES string of the molecule is CCC1CCCCN1c1cnc(C(=O)NC(C)c2ccccc2)cn1. The summed E-state index contributed by atoms with van der Waals surface area (Å²) in [5.74, 6) is 0.681. The summed E-state index contributed by atoms with van der Waals surface area (Å²) in [6.45, 7) is 5.20. The zero-order chi connectivity index (χ0) is 17.6. The lowest BCUT2D eigenvalue weighted by molar-refractivity contribution is 0.0934. The van der Waals surface area contributed by atoms with Crippen molar-refractivity contribution in [3.8, 4) is 0 Å². The van der Waals surface area contributed by atoms with Gasteiger partial charge in [0.2, 0.25) is 0 Å². The van der Waals surface area contributed by atoms with E-state index in [1.807, 2.05) is 37.3 Å². The van der Waals surface area contributed by atoms with Crippen molar-refractivity contribution < 1.29 is 4.79 Å². The molecule has 5 nitrogen and oxygen atoms in total. The molecule has 1 fully saturated rings. The largest absolute Gasteiger partial charge is 0.352 e. The summed E-state index contributed by atoms with van der Waals surface area (Å²) < 4.78 is 0. The number of nitrogens with one attached hydrogen (secondary N) is 1. The first-order valence-electron chi connectivity index (χ1n) is 9.13. The number of nitrogens with zero attached hydrogens (tertiary/aromatic N) is 3. The lowest BCUT2D eigenvalue weighted by atomic mass is 10.0. The Labute approximate surface area is 149 Å². The fourth-order valence-corrected chi connectivity index (χ4v) is 3.41. The zero-order valence-corrected chi connectivity index (χ0v) is 15.0. The number of carbonyl (C=O) groups is 1. The van der Waals surface area contributed by atoms with Crippen molar-refractivity contribution in [2.24, 2.45) is 0 Å². The first kappa shape index (κ1) is 17.4. The number of amides is 1. The summed E-state index contributed by atoms with van der Waals surface area (Å²) in [7, 11) is 0. The third-order valence-electron chi connectivity index (χ3n) is 4.91. The second-order valence-corrected chi connectivity index (χ2v) is 6.62. The Morgan fingerprint density at radius 1 is 1.24 bits per heavy atom. The summed E-state index contributed by atoms with van der Waals surface area (Å²) in [5, 5.41) is 2.98. The summed E-state index contributed by atoms with van der Waals surface area (Å²) in [4.78, 5) is 23.6. The maximum Gasteiger partial charge on any atom is 0.271 e. The number of benzene rings is 1. The standard InChI is InChI=1S/C20H26N4O/c1-3-17-11-7-8-12-24(17)19-14-21-18(13-22-19)20(25)23-15(2)16-9-5-4-6-10-16/h4-6,9-10,13-15,17H,3,7-8,11-12H2,1-2H3,(H,23,25). The van der Waals surface area contributed by atoms with Gasteiger partial charge in [0.25, 0.3) is 5.91 Å². The molecule has 1 N–H and O–H groups in total. The average Bonchev–Trinajstić information content (AvgIpc) is 2.68. The van der Waals surface area contributed by atoms with E-state index in [2.05, 4.69) is 27.1 Å². The molecule has 1 aliphatic heterocycles. The van der Waals surface area contributed by atoms with Crippen molar-refractivity contribution in [1.29, 1.82) is 0 Å². The molecule has 2 atom stereocenters. The van der Waals surface area contributed by atoms with Crippen LogP contribution in [-0.4, -0.2) is 28.5 Å². The predicted octanol–water partition coefficient (Wildman–Crippen LogP) is 3.74. The molecule has 3 rings (SSSR count). The molecule has 2 unspecified atom stereocenters. The highest BCUT2D eigenvalue weighted by atomic mass is 16.1. The van der Waals surface area contributed by atoms with Gasteiger partial charge in [0.1, 0.15) is 11.5 Å². The van der Waals surface area contributed by atoms with Crippen molar-refractivity contribution >= 4 is 11.7 Å². The molecule has 0 aliphatic carbocycles. The number of anilines is 1. The number of carbonyl (C=O) groups excluding carboxylic acids is 1. The van der Waals surface area contributed by atoms with Crippen molar-refractivity contribution in [3.05, 3.63) is 54.0 Å². The highest BCUT2D eigenvalue weighted by Crippen LogP contribution is 2.24. The summed E-state index contributed by atoms with van der Waals surface area (Å²) in [6, 6.07) is 10.4. The van der Waals surface area contributed by atoms with Gasteiger partial charge in [0.15, 0.2) is 0 Å². The van der Waals surface area contributed by atoms with E-state index >= 15 is 0 Å². The van der Waals surface area contributed by atoms with E-state index in [-0.39, 0.29) is 11.9 Å². The minimum atomic E-state index is -0.193.